The second kappa shape index (κ2) is 5.46. The van der Waals surface area contributed by atoms with Crippen molar-refractivity contribution in [1.82, 2.24) is 20.4 Å². The molecule has 0 radical (unpaired) electrons. The fourth-order valence-electron chi connectivity index (χ4n) is 2.92. The smallest absolute Gasteiger partial charge is 0.245 e. The van der Waals surface area contributed by atoms with E-state index in [9.17, 15) is 9.59 Å². The molecule has 2 aliphatic rings. The Balaban J connectivity index is 1.75. The van der Waals surface area contributed by atoms with Crippen LogP contribution in [0.4, 0.5) is 0 Å². The lowest BCUT2D eigenvalue weighted by Crippen LogP contribution is -2.44. The molecule has 21 heavy (non-hydrogen) atoms. The molecule has 0 aromatic carbocycles. The Morgan fingerprint density at radius 3 is 2.86 bits per heavy atom. The van der Waals surface area contributed by atoms with Crippen molar-refractivity contribution in [2.75, 3.05) is 6.54 Å². The van der Waals surface area contributed by atoms with Crippen LogP contribution in [0.2, 0.25) is 0 Å². The van der Waals surface area contributed by atoms with Gasteiger partial charge in [0, 0.05) is 18.9 Å². The molecule has 0 saturated carbocycles. The van der Waals surface area contributed by atoms with Gasteiger partial charge < -0.3 is 14.7 Å². The molecular weight excluding hydrogens is 272 g/mol. The van der Waals surface area contributed by atoms with Crippen molar-refractivity contribution in [3.05, 3.63) is 11.7 Å². The van der Waals surface area contributed by atoms with Gasteiger partial charge in [-0.2, -0.15) is 4.98 Å². The predicted molar refractivity (Wildman–Crippen MR) is 73.2 cm³/mol. The normalized spacial score (nSPS) is 25.7. The standard InChI is InChI=1S/C14H20N4O3/c1-8(2)13-16-12(17-21-13)10-4-3-7-18(10)14(20)9-5-6-11(19)15-9/h8-10H,3-7H2,1-2H3,(H,15,19)/t9-,10+/m1/s1. The summed E-state index contributed by atoms with van der Waals surface area (Å²) >= 11 is 0. The van der Waals surface area contributed by atoms with Gasteiger partial charge in [0.05, 0.1) is 6.04 Å². The van der Waals surface area contributed by atoms with Crippen LogP contribution in [-0.4, -0.2) is 39.4 Å². The largest absolute Gasteiger partial charge is 0.344 e. The first-order chi connectivity index (χ1) is 10.1. The Kier molecular flexibility index (Phi) is 3.65. The summed E-state index contributed by atoms with van der Waals surface area (Å²) in [6, 6.07) is -0.527. The van der Waals surface area contributed by atoms with Gasteiger partial charge >= 0.3 is 0 Å². The third-order valence-corrected chi connectivity index (χ3v) is 4.08. The van der Waals surface area contributed by atoms with Gasteiger partial charge in [0.2, 0.25) is 17.7 Å². The zero-order valence-corrected chi connectivity index (χ0v) is 12.3. The summed E-state index contributed by atoms with van der Waals surface area (Å²) in [5.41, 5.74) is 0. The lowest BCUT2D eigenvalue weighted by atomic mass is 10.1. The number of hydrogen-bond donors (Lipinski definition) is 1. The zero-order chi connectivity index (χ0) is 15.0. The Labute approximate surface area is 123 Å². The summed E-state index contributed by atoms with van der Waals surface area (Å²) in [5, 5.41) is 6.76. The Morgan fingerprint density at radius 1 is 1.43 bits per heavy atom. The van der Waals surface area contributed by atoms with Gasteiger partial charge in [-0.25, -0.2) is 0 Å². The van der Waals surface area contributed by atoms with Gasteiger partial charge in [0.15, 0.2) is 5.82 Å². The van der Waals surface area contributed by atoms with E-state index < -0.39 is 6.04 Å². The van der Waals surface area contributed by atoms with Gasteiger partial charge in [0.1, 0.15) is 6.04 Å². The Hall–Kier alpha value is -1.92. The van der Waals surface area contributed by atoms with Gasteiger partial charge in [-0.15, -0.1) is 0 Å². The van der Waals surface area contributed by atoms with Crippen molar-refractivity contribution >= 4 is 11.8 Å². The van der Waals surface area contributed by atoms with Crippen LogP contribution in [0.1, 0.15) is 63.2 Å². The molecular formula is C14H20N4O3. The number of hydrogen-bond acceptors (Lipinski definition) is 5. The quantitative estimate of drug-likeness (QED) is 0.902. The molecule has 1 aromatic heterocycles. The lowest BCUT2D eigenvalue weighted by Gasteiger charge is -2.25. The van der Waals surface area contributed by atoms with Crippen molar-refractivity contribution in [1.29, 1.82) is 0 Å². The van der Waals surface area contributed by atoms with E-state index in [0.717, 1.165) is 12.8 Å². The fraction of sp³-hybridized carbons (Fsp3) is 0.714. The minimum absolute atomic E-state index is 0.0285. The lowest BCUT2D eigenvalue weighted by molar-refractivity contribution is -0.135. The van der Waals surface area contributed by atoms with E-state index in [-0.39, 0.29) is 23.8 Å². The first-order valence-corrected chi connectivity index (χ1v) is 7.49. The third kappa shape index (κ3) is 2.64. The maximum Gasteiger partial charge on any atom is 0.245 e. The van der Waals surface area contributed by atoms with Crippen LogP contribution in [0.5, 0.6) is 0 Å². The molecule has 2 aliphatic heterocycles. The van der Waals surface area contributed by atoms with Gasteiger partial charge in [-0.05, 0) is 19.3 Å². The molecule has 2 amide bonds. The van der Waals surface area contributed by atoms with E-state index in [1.165, 1.54) is 0 Å². The molecule has 1 aromatic rings. The summed E-state index contributed by atoms with van der Waals surface area (Å²) in [7, 11) is 0. The molecule has 3 rings (SSSR count). The molecule has 2 atom stereocenters. The molecule has 2 fully saturated rings. The molecule has 2 saturated heterocycles. The molecule has 0 unspecified atom stereocenters. The predicted octanol–water partition coefficient (Wildman–Crippen LogP) is 1.14. The van der Waals surface area contributed by atoms with Crippen molar-refractivity contribution in [3.63, 3.8) is 0 Å². The first-order valence-electron chi connectivity index (χ1n) is 7.49. The van der Waals surface area contributed by atoms with Crippen LogP contribution in [0.15, 0.2) is 4.52 Å². The van der Waals surface area contributed by atoms with Crippen LogP contribution < -0.4 is 5.32 Å². The van der Waals surface area contributed by atoms with Crippen LogP contribution in [-0.2, 0) is 9.59 Å². The Bertz CT molecular complexity index is 554. The average molecular weight is 292 g/mol. The van der Waals surface area contributed by atoms with Gasteiger partial charge in [-0.1, -0.05) is 19.0 Å². The minimum atomic E-state index is -0.394. The molecule has 0 spiro atoms. The van der Waals surface area contributed by atoms with Crippen LogP contribution in [0.3, 0.4) is 0 Å². The van der Waals surface area contributed by atoms with E-state index in [1.807, 2.05) is 13.8 Å². The third-order valence-electron chi connectivity index (χ3n) is 4.08. The number of nitrogens with zero attached hydrogens (tertiary/aromatic N) is 3. The maximum atomic E-state index is 12.5. The second-order valence-corrected chi connectivity index (χ2v) is 5.99. The number of carbonyl (C=O) groups excluding carboxylic acids is 2. The summed E-state index contributed by atoms with van der Waals surface area (Å²) < 4.78 is 5.24. The monoisotopic (exact) mass is 292 g/mol. The van der Waals surface area contributed by atoms with E-state index in [2.05, 4.69) is 15.5 Å². The van der Waals surface area contributed by atoms with Crippen molar-refractivity contribution in [2.45, 2.75) is 57.5 Å². The van der Waals surface area contributed by atoms with E-state index in [0.29, 0.717) is 31.1 Å². The highest BCUT2D eigenvalue weighted by molar-refractivity contribution is 5.91. The van der Waals surface area contributed by atoms with Crippen LogP contribution in [0.25, 0.3) is 0 Å². The summed E-state index contributed by atoms with van der Waals surface area (Å²) in [6.07, 6.45) is 2.76. The van der Waals surface area contributed by atoms with E-state index >= 15 is 0 Å². The highest BCUT2D eigenvalue weighted by atomic mass is 16.5. The van der Waals surface area contributed by atoms with Crippen LogP contribution >= 0.6 is 0 Å². The number of nitrogens with one attached hydrogen (secondary N) is 1. The molecule has 114 valence electrons. The first kappa shape index (κ1) is 14.0. The molecule has 0 bridgehead atoms. The minimum Gasteiger partial charge on any atom is -0.344 e. The summed E-state index contributed by atoms with van der Waals surface area (Å²) in [5.74, 6) is 1.27. The SMILES string of the molecule is CC(C)c1nc([C@@H]2CCCN2C(=O)[C@H]2CCC(=O)N2)no1. The van der Waals surface area contributed by atoms with Crippen LogP contribution in [0, 0.1) is 0 Å². The molecule has 7 heteroatoms. The number of aromatic nitrogens is 2. The molecule has 1 N–H and O–H groups in total. The highest BCUT2D eigenvalue weighted by Crippen LogP contribution is 2.32. The Morgan fingerprint density at radius 2 is 2.24 bits per heavy atom. The van der Waals surface area contributed by atoms with Crippen molar-refractivity contribution in [2.24, 2.45) is 0 Å². The topological polar surface area (TPSA) is 88.3 Å². The number of carbonyl (C=O) groups is 2. The highest BCUT2D eigenvalue weighted by Gasteiger charge is 2.38. The molecule has 7 nitrogen and oxygen atoms in total. The van der Waals surface area contributed by atoms with Crippen molar-refractivity contribution in [3.8, 4) is 0 Å². The molecule has 0 aliphatic carbocycles. The fourth-order valence-corrected chi connectivity index (χ4v) is 2.92. The summed E-state index contributed by atoms with van der Waals surface area (Å²) in [6.45, 7) is 4.66. The van der Waals surface area contributed by atoms with Gasteiger partial charge in [0.25, 0.3) is 0 Å². The van der Waals surface area contributed by atoms with E-state index in [4.69, 9.17) is 4.52 Å². The van der Waals surface area contributed by atoms with E-state index in [1.54, 1.807) is 4.90 Å². The molecule has 3 heterocycles. The average Bonchev–Trinajstić information content (AvgIpc) is 3.17. The summed E-state index contributed by atoms with van der Waals surface area (Å²) in [4.78, 5) is 30.0. The number of likely N-dealkylation sites (tertiary alicyclic amines) is 1. The maximum absolute atomic E-state index is 12.5. The van der Waals surface area contributed by atoms with Crippen molar-refractivity contribution < 1.29 is 14.1 Å². The number of amides is 2. The zero-order valence-electron chi connectivity index (χ0n) is 12.3. The van der Waals surface area contributed by atoms with Gasteiger partial charge in [-0.3, -0.25) is 9.59 Å². The number of rotatable bonds is 3. The second-order valence-electron chi connectivity index (χ2n) is 5.99.